The summed E-state index contributed by atoms with van der Waals surface area (Å²) in [4.78, 5) is 29.2. The van der Waals surface area contributed by atoms with E-state index < -0.39 is 0 Å². The SMILES string of the molecule is CCOC(=O)CCCSc1nc2ccccc2c(=O)n1C1CCCC1. The standard InChI is InChI=1S/C19H24N2O3S/c1-2-24-17(22)12-7-13-25-19-20-16-11-6-5-10-15(16)18(23)21(19)14-8-3-4-9-14/h5-6,10-11,14H,2-4,7-9,12-13H2,1H3. The van der Waals surface area contributed by atoms with Crippen LogP contribution >= 0.6 is 11.8 Å². The molecule has 0 aliphatic heterocycles. The first-order chi connectivity index (χ1) is 12.2. The van der Waals surface area contributed by atoms with Gasteiger partial charge in [-0.25, -0.2) is 4.98 Å². The van der Waals surface area contributed by atoms with Gasteiger partial charge in [0, 0.05) is 18.2 Å². The molecule has 1 fully saturated rings. The van der Waals surface area contributed by atoms with Crippen LogP contribution in [0.2, 0.25) is 0 Å². The minimum absolute atomic E-state index is 0.0605. The average molecular weight is 360 g/mol. The maximum atomic E-state index is 13.0. The van der Waals surface area contributed by atoms with Crippen LogP contribution in [0.3, 0.4) is 0 Å². The summed E-state index contributed by atoms with van der Waals surface area (Å²) in [5.41, 5.74) is 0.806. The lowest BCUT2D eigenvalue weighted by Gasteiger charge is -2.18. The van der Waals surface area contributed by atoms with Crippen molar-refractivity contribution in [3.63, 3.8) is 0 Å². The normalized spacial score (nSPS) is 14.9. The lowest BCUT2D eigenvalue weighted by Crippen LogP contribution is -2.26. The Hall–Kier alpha value is -1.82. The van der Waals surface area contributed by atoms with Gasteiger partial charge < -0.3 is 4.74 Å². The second-order valence-electron chi connectivity index (χ2n) is 6.28. The topological polar surface area (TPSA) is 61.2 Å². The van der Waals surface area contributed by atoms with Gasteiger partial charge in [-0.15, -0.1) is 0 Å². The number of ether oxygens (including phenoxy) is 1. The van der Waals surface area contributed by atoms with Crippen LogP contribution in [0.5, 0.6) is 0 Å². The highest BCUT2D eigenvalue weighted by Gasteiger charge is 2.22. The van der Waals surface area contributed by atoms with E-state index in [0.717, 1.165) is 48.5 Å². The molecule has 0 atom stereocenters. The number of hydrogen-bond acceptors (Lipinski definition) is 5. The van der Waals surface area contributed by atoms with Crippen LogP contribution in [0.25, 0.3) is 10.9 Å². The fourth-order valence-electron chi connectivity index (χ4n) is 3.32. The van der Waals surface area contributed by atoms with Gasteiger partial charge in [-0.05, 0) is 38.3 Å². The average Bonchev–Trinajstić information content (AvgIpc) is 3.13. The Labute approximate surface area is 151 Å². The van der Waals surface area contributed by atoms with Crippen molar-refractivity contribution in [3.8, 4) is 0 Å². The molecule has 1 saturated carbocycles. The van der Waals surface area contributed by atoms with Gasteiger partial charge >= 0.3 is 5.97 Å². The van der Waals surface area contributed by atoms with Crippen molar-refractivity contribution >= 4 is 28.6 Å². The molecule has 0 radical (unpaired) electrons. The lowest BCUT2D eigenvalue weighted by molar-refractivity contribution is -0.143. The molecule has 0 N–H and O–H groups in total. The largest absolute Gasteiger partial charge is 0.466 e. The number of nitrogens with zero attached hydrogens (tertiary/aromatic N) is 2. The van der Waals surface area contributed by atoms with Crippen LogP contribution in [-0.2, 0) is 9.53 Å². The lowest BCUT2D eigenvalue weighted by atomic mass is 10.2. The summed E-state index contributed by atoms with van der Waals surface area (Å²) < 4.78 is 6.85. The van der Waals surface area contributed by atoms with Crippen molar-refractivity contribution < 1.29 is 9.53 Å². The van der Waals surface area contributed by atoms with Gasteiger partial charge in [-0.2, -0.15) is 0 Å². The fraction of sp³-hybridized carbons (Fsp3) is 0.526. The summed E-state index contributed by atoms with van der Waals surface area (Å²) in [6.45, 7) is 2.23. The Morgan fingerprint density at radius 3 is 2.84 bits per heavy atom. The quantitative estimate of drug-likeness (QED) is 0.324. The molecule has 3 rings (SSSR count). The number of benzene rings is 1. The van der Waals surface area contributed by atoms with Crippen molar-refractivity contribution in [2.24, 2.45) is 0 Å². The highest BCUT2D eigenvalue weighted by Crippen LogP contribution is 2.32. The van der Waals surface area contributed by atoms with E-state index in [9.17, 15) is 9.59 Å². The van der Waals surface area contributed by atoms with Gasteiger partial charge in [0.1, 0.15) is 0 Å². The monoisotopic (exact) mass is 360 g/mol. The summed E-state index contributed by atoms with van der Waals surface area (Å²) >= 11 is 1.57. The van der Waals surface area contributed by atoms with E-state index in [1.165, 1.54) is 0 Å². The molecular weight excluding hydrogens is 336 g/mol. The maximum absolute atomic E-state index is 13.0. The zero-order chi connectivity index (χ0) is 17.6. The molecule has 1 aliphatic rings. The van der Waals surface area contributed by atoms with Gasteiger partial charge in [0.15, 0.2) is 5.16 Å². The van der Waals surface area contributed by atoms with Crippen LogP contribution in [-0.4, -0.2) is 27.9 Å². The Morgan fingerprint density at radius 1 is 1.32 bits per heavy atom. The highest BCUT2D eigenvalue weighted by molar-refractivity contribution is 7.99. The molecule has 1 aromatic heterocycles. The predicted molar refractivity (Wildman–Crippen MR) is 100 cm³/mol. The van der Waals surface area contributed by atoms with Crippen LogP contribution in [0, 0.1) is 0 Å². The second-order valence-corrected chi connectivity index (χ2v) is 7.34. The van der Waals surface area contributed by atoms with Crippen molar-refractivity contribution in [3.05, 3.63) is 34.6 Å². The molecule has 25 heavy (non-hydrogen) atoms. The van der Waals surface area contributed by atoms with E-state index in [2.05, 4.69) is 0 Å². The van der Waals surface area contributed by atoms with E-state index in [0.29, 0.717) is 18.4 Å². The fourth-order valence-corrected chi connectivity index (χ4v) is 4.33. The molecule has 1 aromatic carbocycles. The van der Waals surface area contributed by atoms with Gasteiger partial charge in [0.25, 0.3) is 5.56 Å². The predicted octanol–water partition coefficient (Wildman–Crippen LogP) is 3.95. The van der Waals surface area contributed by atoms with Gasteiger partial charge in [-0.1, -0.05) is 36.7 Å². The number of aromatic nitrogens is 2. The molecule has 2 aromatic rings. The summed E-state index contributed by atoms with van der Waals surface area (Å²) in [5.74, 6) is 0.582. The second kappa shape index (κ2) is 8.52. The van der Waals surface area contributed by atoms with Gasteiger partial charge in [0.05, 0.1) is 17.5 Å². The number of rotatable bonds is 7. The third-order valence-corrected chi connectivity index (χ3v) is 5.57. The van der Waals surface area contributed by atoms with E-state index in [4.69, 9.17) is 9.72 Å². The molecule has 0 saturated heterocycles. The zero-order valence-electron chi connectivity index (χ0n) is 14.6. The highest BCUT2D eigenvalue weighted by atomic mass is 32.2. The Balaban J connectivity index is 1.81. The van der Waals surface area contributed by atoms with E-state index in [-0.39, 0.29) is 17.6 Å². The molecule has 0 amide bonds. The molecule has 1 aliphatic carbocycles. The Kier molecular flexibility index (Phi) is 6.13. The molecule has 6 heteroatoms. The summed E-state index contributed by atoms with van der Waals surface area (Å²) in [5, 5.41) is 1.46. The van der Waals surface area contributed by atoms with Crippen LogP contribution in [0.4, 0.5) is 0 Å². The first-order valence-electron chi connectivity index (χ1n) is 9.00. The maximum Gasteiger partial charge on any atom is 0.305 e. The molecule has 0 bridgehead atoms. The third kappa shape index (κ3) is 4.24. The van der Waals surface area contributed by atoms with Crippen LogP contribution < -0.4 is 5.56 Å². The van der Waals surface area contributed by atoms with Crippen LogP contribution in [0.15, 0.2) is 34.2 Å². The first-order valence-corrected chi connectivity index (χ1v) is 9.99. The number of thioether (sulfide) groups is 1. The third-order valence-electron chi connectivity index (χ3n) is 4.53. The molecule has 5 nitrogen and oxygen atoms in total. The molecule has 0 spiro atoms. The number of carbonyl (C=O) groups is 1. The summed E-state index contributed by atoms with van der Waals surface area (Å²) in [7, 11) is 0. The number of carbonyl (C=O) groups excluding carboxylic acids is 1. The Bertz CT molecular complexity index is 797. The number of hydrogen-bond donors (Lipinski definition) is 0. The minimum Gasteiger partial charge on any atom is -0.466 e. The minimum atomic E-state index is -0.164. The summed E-state index contributed by atoms with van der Waals surface area (Å²) in [6.07, 6.45) is 5.53. The van der Waals surface area contributed by atoms with Crippen molar-refractivity contribution in [1.82, 2.24) is 9.55 Å². The van der Waals surface area contributed by atoms with Crippen molar-refractivity contribution in [2.75, 3.05) is 12.4 Å². The summed E-state index contributed by atoms with van der Waals surface area (Å²) in [6, 6.07) is 7.78. The van der Waals surface area contributed by atoms with Crippen molar-refractivity contribution in [1.29, 1.82) is 0 Å². The number of para-hydroxylation sites is 1. The zero-order valence-corrected chi connectivity index (χ0v) is 15.4. The van der Waals surface area contributed by atoms with Gasteiger partial charge in [0.2, 0.25) is 0 Å². The molecule has 134 valence electrons. The first kappa shape index (κ1) is 18.0. The van der Waals surface area contributed by atoms with Gasteiger partial charge in [-0.3, -0.25) is 14.2 Å². The van der Waals surface area contributed by atoms with E-state index in [1.807, 2.05) is 35.8 Å². The van der Waals surface area contributed by atoms with E-state index >= 15 is 0 Å². The number of esters is 1. The molecule has 1 heterocycles. The smallest absolute Gasteiger partial charge is 0.305 e. The Morgan fingerprint density at radius 2 is 2.08 bits per heavy atom. The molecule has 0 unspecified atom stereocenters. The van der Waals surface area contributed by atoms with Crippen LogP contribution in [0.1, 0.15) is 51.5 Å². The van der Waals surface area contributed by atoms with E-state index in [1.54, 1.807) is 11.8 Å². The van der Waals surface area contributed by atoms with Crippen molar-refractivity contribution in [2.45, 2.75) is 56.6 Å². The number of fused-ring (bicyclic) bond motifs is 1. The molecular formula is C19H24N2O3S.